The molecule has 3 aromatic rings. The maximum Gasteiger partial charge on any atom is 0.348 e. The van der Waals surface area contributed by atoms with Crippen LogP contribution in [0.4, 0.5) is 4.39 Å². The smallest absolute Gasteiger partial charge is 0.348 e. The average molecular weight is 394 g/mol. The topological polar surface area (TPSA) is 72.8 Å². The molecular formula is C23H19FO5. The van der Waals surface area contributed by atoms with Crippen LogP contribution in [0.15, 0.2) is 78.9 Å². The van der Waals surface area contributed by atoms with E-state index in [1.54, 1.807) is 60.7 Å². The van der Waals surface area contributed by atoms with Crippen LogP contribution < -0.4 is 4.74 Å². The van der Waals surface area contributed by atoms with Gasteiger partial charge < -0.3 is 14.6 Å². The third-order valence-electron chi connectivity index (χ3n) is 4.47. The van der Waals surface area contributed by atoms with Crippen LogP contribution in [0.2, 0.25) is 0 Å². The van der Waals surface area contributed by atoms with Crippen molar-refractivity contribution in [2.45, 2.75) is 5.60 Å². The van der Waals surface area contributed by atoms with Crippen LogP contribution in [0.3, 0.4) is 0 Å². The quantitative estimate of drug-likeness (QED) is 0.491. The molecule has 0 fully saturated rings. The first-order valence-corrected chi connectivity index (χ1v) is 8.84. The minimum atomic E-state index is -2.10. The second kappa shape index (κ2) is 8.67. The maximum absolute atomic E-state index is 13.5. The first kappa shape index (κ1) is 20.2. The Labute approximate surface area is 167 Å². The number of benzene rings is 3. The molecule has 29 heavy (non-hydrogen) atoms. The van der Waals surface area contributed by atoms with Gasteiger partial charge in [0, 0.05) is 0 Å². The molecule has 0 heterocycles. The van der Waals surface area contributed by atoms with Crippen LogP contribution >= 0.6 is 0 Å². The van der Waals surface area contributed by atoms with Crippen LogP contribution in [-0.4, -0.2) is 30.6 Å². The van der Waals surface area contributed by atoms with Crippen molar-refractivity contribution < 1.29 is 28.6 Å². The summed E-state index contributed by atoms with van der Waals surface area (Å²) in [6.45, 7) is -0.680. The zero-order valence-corrected chi connectivity index (χ0v) is 15.7. The second-order valence-corrected chi connectivity index (χ2v) is 6.29. The number of methoxy groups -OCH3 is 1. The highest BCUT2D eigenvalue weighted by molar-refractivity contribution is 6.01. The molecule has 0 radical (unpaired) electrons. The number of hydrogen-bond acceptors (Lipinski definition) is 5. The van der Waals surface area contributed by atoms with Crippen LogP contribution in [0, 0.1) is 5.82 Å². The van der Waals surface area contributed by atoms with Gasteiger partial charge in [0.2, 0.25) is 11.4 Å². The molecule has 5 nitrogen and oxygen atoms in total. The number of carbonyl (C=O) groups is 2. The van der Waals surface area contributed by atoms with E-state index in [2.05, 4.69) is 0 Å². The van der Waals surface area contributed by atoms with Crippen LogP contribution in [0.1, 0.15) is 21.5 Å². The van der Waals surface area contributed by atoms with Gasteiger partial charge >= 0.3 is 5.97 Å². The Hall–Kier alpha value is -3.51. The molecule has 0 saturated heterocycles. The molecule has 148 valence electrons. The number of esters is 1. The van der Waals surface area contributed by atoms with Gasteiger partial charge in [0.05, 0.1) is 12.7 Å². The molecule has 0 saturated carbocycles. The van der Waals surface area contributed by atoms with E-state index < -0.39 is 29.8 Å². The lowest BCUT2D eigenvalue weighted by Crippen LogP contribution is -2.39. The lowest BCUT2D eigenvalue weighted by atomic mass is 9.86. The maximum atomic E-state index is 13.5. The summed E-state index contributed by atoms with van der Waals surface area (Å²) in [7, 11) is 1.35. The molecule has 0 aliphatic heterocycles. The fourth-order valence-electron chi connectivity index (χ4n) is 2.97. The first-order valence-electron chi connectivity index (χ1n) is 8.84. The fourth-order valence-corrected chi connectivity index (χ4v) is 2.97. The summed E-state index contributed by atoms with van der Waals surface area (Å²) in [5.74, 6) is -2.13. The molecule has 6 heteroatoms. The average Bonchev–Trinajstić information content (AvgIpc) is 2.77. The van der Waals surface area contributed by atoms with Crippen molar-refractivity contribution in [2.24, 2.45) is 0 Å². The van der Waals surface area contributed by atoms with Gasteiger partial charge in [-0.05, 0) is 29.3 Å². The third-order valence-corrected chi connectivity index (χ3v) is 4.47. The van der Waals surface area contributed by atoms with E-state index in [1.165, 1.54) is 13.2 Å². The summed E-state index contributed by atoms with van der Waals surface area (Å²) in [6, 6.07) is 20.1. The number of ether oxygens (including phenoxy) is 2. The van der Waals surface area contributed by atoms with Gasteiger partial charge in [-0.1, -0.05) is 60.7 Å². The Bertz CT molecular complexity index is 963. The summed E-state index contributed by atoms with van der Waals surface area (Å²) in [4.78, 5) is 25.4. The molecular weight excluding hydrogens is 375 g/mol. The molecule has 1 N–H and O–H groups in total. The standard InChI is InChI=1S/C23H19FO5/c1-28-21-13-12-18(24)14-19(21)20(25)15-29-22(26)23(27,16-8-4-2-5-9-16)17-10-6-3-7-11-17/h2-14,27H,15H2,1H3. The summed E-state index contributed by atoms with van der Waals surface area (Å²) in [6.07, 6.45) is 0. The number of aliphatic hydroxyl groups is 1. The van der Waals surface area contributed by atoms with Crippen molar-refractivity contribution in [1.82, 2.24) is 0 Å². The Morgan fingerprint density at radius 3 is 2.00 bits per heavy atom. The van der Waals surface area contributed by atoms with Gasteiger partial charge in [0.15, 0.2) is 6.61 Å². The summed E-state index contributed by atoms with van der Waals surface area (Å²) in [5, 5.41) is 11.3. The Balaban J connectivity index is 1.87. The van der Waals surface area contributed by atoms with Crippen molar-refractivity contribution in [3.63, 3.8) is 0 Å². The van der Waals surface area contributed by atoms with Crippen LogP contribution in [0.25, 0.3) is 0 Å². The molecule has 0 aliphatic carbocycles. The van der Waals surface area contributed by atoms with Crippen molar-refractivity contribution in [3.8, 4) is 5.75 Å². The Morgan fingerprint density at radius 2 is 1.48 bits per heavy atom. The van der Waals surface area contributed by atoms with Crippen molar-refractivity contribution >= 4 is 11.8 Å². The monoisotopic (exact) mass is 394 g/mol. The lowest BCUT2D eigenvalue weighted by Gasteiger charge is -2.27. The van der Waals surface area contributed by atoms with Crippen molar-refractivity contribution in [3.05, 3.63) is 101 Å². The molecule has 0 bridgehead atoms. The van der Waals surface area contributed by atoms with E-state index in [4.69, 9.17) is 9.47 Å². The second-order valence-electron chi connectivity index (χ2n) is 6.29. The van der Waals surface area contributed by atoms with Crippen molar-refractivity contribution in [1.29, 1.82) is 0 Å². The number of halogens is 1. The predicted molar refractivity (Wildman–Crippen MR) is 104 cm³/mol. The Morgan fingerprint density at radius 1 is 0.931 bits per heavy atom. The van der Waals surface area contributed by atoms with Crippen LogP contribution in [0.5, 0.6) is 5.75 Å². The predicted octanol–water partition coefficient (Wildman–Crippen LogP) is 3.50. The van der Waals surface area contributed by atoms with Gasteiger partial charge in [-0.25, -0.2) is 9.18 Å². The molecule has 0 spiro atoms. The number of carbonyl (C=O) groups excluding carboxylic acids is 2. The molecule has 3 aromatic carbocycles. The highest BCUT2D eigenvalue weighted by Gasteiger charge is 2.41. The normalized spacial score (nSPS) is 11.0. The highest BCUT2D eigenvalue weighted by Crippen LogP contribution is 2.31. The number of rotatable bonds is 7. The number of hydrogen-bond donors (Lipinski definition) is 1. The molecule has 0 amide bonds. The summed E-state index contributed by atoms with van der Waals surface area (Å²) < 4.78 is 23.7. The van der Waals surface area contributed by atoms with Gasteiger partial charge in [0.25, 0.3) is 0 Å². The van der Waals surface area contributed by atoms with Gasteiger partial charge in [-0.2, -0.15) is 0 Å². The third kappa shape index (κ3) is 4.17. The Kier molecular flexibility index (Phi) is 6.04. The van der Waals surface area contributed by atoms with E-state index in [1.807, 2.05) is 0 Å². The molecule has 3 rings (SSSR count). The summed E-state index contributed by atoms with van der Waals surface area (Å²) in [5.41, 5.74) is -1.56. The van der Waals surface area contributed by atoms with Crippen LogP contribution in [-0.2, 0) is 15.1 Å². The van der Waals surface area contributed by atoms with Gasteiger partial charge in [-0.3, -0.25) is 4.79 Å². The molecule has 0 unspecified atom stereocenters. The first-order chi connectivity index (χ1) is 14.0. The van der Waals surface area contributed by atoms with E-state index in [-0.39, 0.29) is 11.3 Å². The summed E-state index contributed by atoms with van der Waals surface area (Å²) >= 11 is 0. The molecule has 0 aliphatic rings. The van der Waals surface area contributed by atoms with Gasteiger partial charge in [-0.15, -0.1) is 0 Å². The minimum absolute atomic E-state index is 0.0525. The largest absolute Gasteiger partial charge is 0.496 e. The van der Waals surface area contributed by atoms with E-state index in [9.17, 15) is 19.1 Å². The zero-order valence-electron chi connectivity index (χ0n) is 15.7. The zero-order chi connectivity index (χ0) is 20.9. The molecule has 0 aromatic heterocycles. The van der Waals surface area contributed by atoms with E-state index in [0.717, 1.165) is 12.1 Å². The minimum Gasteiger partial charge on any atom is -0.496 e. The molecule has 0 atom stereocenters. The fraction of sp³-hybridized carbons (Fsp3) is 0.130. The SMILES string of the molecule is COc1ccc(F)cc1C(=O)COC(=O)C(O)(c1ccccc1)c1ccccc1. The van der Waals surface area contributed by atoms with Crippen molar-refractivity contribution in [2.75, 3.05) is 13.7 Å². The number of ketones is 1. The van der Waals surface area contributed by atoms with Gasteiger partial charge in [0.1, 0.15) is 11.6 Å². The highest BCUT2D eigenvalue weighted by atomic mass is 19.1. The van der Waals surface area contributed by atoms with E-state index >= 15 is 0 Å². The number of Topliss-reactive ketones (excluding diaryl/α,β-unsaturated/α-hetero) is 1. The van der Waals surface area contributed by atoms with E-state index in [0.29, 0.717) is 11.1 Å². The lowest BCUT2D eigenvalue weighted by molar-refractivity contribution is -0.160.